The van der Waals surface area contributed by atoms with Gasteiger partial charge in [0, 0.05) is 6.42 Å². The summed E-state index contributed by atoms with van der Waals surface area (Å²) in [4.78, 5) is 10.8. The van der Waals surface area contributed by atoms with E-state index < -0.39 is 0 Å². The van der Waals surface area contributed by atoms with E-state index >= 15 is 0 Å². The zero-order valence-electron chi connectivity index (χ0n) is 8.15. The number of allylic oxidation sites excluding steroid dienone is 1. The fourth-order valence-electron chi connectivity index (χ4n) is 1.91. The predicted octanol–water partition coefficient (Wildman–Crippen LogP) is 3.10. The van der Waals surface area contributed by atoms with Crippen molar-refractivity contribution >= 4 is 5.78 Å². The van der Waals surface area contributed by atoms with Gasteiger partial charge in [-0.2, -0.15) is 0 Å². The summed E-state index contributed by atoms with van der Waals surface area (Å²) in [5, 5.41) is 0. The molecule has 0 N–H and O–H groups in total. The average Bonchev–Trinajstić information content (AvgIpc) is 1.83. The van der Waals surface area contributed by atoms with Gasteiger partial charge in [-0.25, -0.2) is 0 Å². The molecule has 0 aromatic carbocycles. The normalized spacial score (nSPS) is 19.8. The molecule has 0 aliphatic heterocycles. The molecule has 0 unspecified atom stereocenters. The topological polar surface area (TPSA) is 17.1 Å². The first kappa shape index (κ1) is 9.50. The second-order valence-corrected chi connectivity index (χ2v) is 4.12. The van der Waals surface area contributed by atoms with Crippen LogP contribution < -0.4 is 0 Å². The molecular weight excluding hydrogens is 148 g/mol. The minimum atomic E-state index is 0.308. The first-order valence-corrected chi connectivity index (χ1v) is 4.72. The van der Waals surface area contributed by atoms with E-state index in [0.29, 0.717) is 11.2 Å². The lowest BCUT2D eigenvalue weighted by molar-refractivity contribution is -0.117. The molecular formula is C11H18O. The Balaban J connectivity index is 2.45. The van der Waals surface area contributed by atoms with Gasteiger partial charge in [0.05, 0.1) is 0 Å². The number of carbonyl (C=O) groups is 1. The molecule has 12 heavy (non-hydrogen) atoms. The number of rotatable bonds is 4. The van der Waals surface area contributed by atoms with Gasteiger partial charge in [0.1, 0.15) is 5.78 Å². The van der Waals surface area contributed by atoms with Crippen molar-refractivity contribution in [2.45, 2.75) is 46.0 Å². The molecule has 0 atom stereocenters. The molecule has 0 aromatic rings. The van der Waals surface area contributed by atoms with Crippen LogP contribution in [-0.2, 0) is 4.79 Å². The standard InChI is InChI=1S/C11H18O/c1-9(2)11(6-4-7-11)8-5-10(3)12/h1,4-8H2,2-3H3. The summed E-state index contributed by atoms with van der Waals surface area (Å²) in [7, 11) is 0. The number of ketones is 1. The lowest BCUT2D eigenvalue weighted by Crippen LogP contribution is -2.30. The van der Waals surface area contributed by atoms with E-state index in [4.69, 9.17) is 0 Å². The fourth-order valence-corrected chi connectivity index (χ4v) is 1.91. The average molecular weight is 166 g/mol. The molecule has 1 rings (SSSR count). The Morgan fingerprint density at radius 1 is 1.42 bits per heavy atom. The molecule has 1 fully saturated rings. The highest BCUT2D eigenvalue weighted by molar-refractivity contribution is 5.75. The summed E-state index contributed by atoms with van der Waals surface area (Å²) in [5.41, 5.74) is 1.61. The largest absolute Gasteiger partial charge is 0.300 e. The fraction of sp³-hybridized carbons (Fsp3) is 0.727. The van der Waals surface area contributed by atoms with Crippen LogP contribution in [0.5, 0.6) is 0 Å². The van der Waals surface area contributed by atoms with Gasteiger partial charge in [0.2, 0.25) is 0 Å². The van der Waals surface area contributed by atoms with E-state index in [1.807, 2.05) is 0 Å². The highest BCUT2D eigenvalue weighted by Gasteiger charge is 2.37. The number of hydrogen-bond donors (Lipinski definition) is 0. The van der Waals surface area contributed by atoms with Crippen LogP contribution in [0.15, 0.2) is 12.2 Å². The van der Waals surface area contributed by atoms with Crippen LogP contribution in [-0.4, -0.2) is 5.78 Å². The lowest BCUT2D eigenvalue weighted by atomic mass is 9.62. The van der Waals surface area contributed by atoms with Gasteiger partial charge >= 0.3 is 0 Å². The molecule has 1 aliphatic rings. The Hall–Kier alpha value is -0.590. The van der Waals surface area contributed by atoms with Crippen molar-refractivity contribution in [1.82, 2.24) is 0 Å². The SMILES string of the molecule is C=C(C)C1(CCC(C)=O)CCC1. The van der Waals surface area contributed by atoms with Crippen molar-refractivity contribution in [3.05, 3.63) is 12.2 Å². The van der Waals surface area contributed by atoms with Crippen molar-refractivity contribution in [3.63, 3.8) is 0 Å². The van der Waals surface area contributed by atoms with Crippen LogP contribution in [0, 0.1) is 5.41 Å². The van der Waals surface area contributed by atoms with E-state index in [9.17, 15) is 4.79 Å². The van der Waals surface area contributed by atoms with Gasteiger partial charge in [-0.05, 0) is 38.5 Å². The quantitative estimate of drug-likeness (QED) is 0.586. The summed E-state index contributed by atoms with van der Waals surface area (Å²) in [6.45, 7) is 7.78. The van der Waals surface area contributed by atoms with E-state index in [0.717, 1.165) is 12.8 Å². The van der Waals surface area contributed by atoms with Crippen LogP contribution in [0.3, 0.4) is 0 Å². The number of hydrogen-bond acceptors (Lipinski definition) is 1. The van der Waals surface area contributed by atoms with Gasteiger partial charge in [-0.15, -0.1) is 0 Å². The Labute approximate surface area is 74.9 Å². The smallest absolute Gasteiger partial charge is 0.129 e. The van der Waals surface area contributed by atoms with E-state index in [2.05, 4.69) is 13.5 Å². The van der Waals surface area contributed by atoms with Gasteiger partial charge < -0.3 is 4.79 Å². The van der Waals surface area contributed by atoms with Gasteiger partial charge in [-0.3, -0.25) is 0 Å². The summed E-state index contributed by atoms with van der Waals surface area (Å²) in [5.74, 6) is 0.308. The molecule has 1 heteroatoms. The molecule has 0 saturated heterocycles. The molecule has 0 bridgehead atoms. The third kappa shape index (κ3) is 1.77. The first-order valence-electron chi connectivity index (χ1n) is 4.72. The van der Waals surface area contributed by atoms with E-state index in [1.54, 1.807) is 6.92 Å². The Bertz CT molecular complexity index is 199. The Kier molecular flexibility index (Phi) is 2.71. The van der Waals surface area contributed by atoms with Crippen LogP contribution in [0.1, 0.15) is 46.0 Å². The van der Waals surface area contributed by atoms with Crippen LogP contribution >= 0.6 is 0 Å². The molecule has 1 nitrogen and oxygen atoms in total. The van der Waals surface area contributed by atoms with Crippen molar-refractivity contribution in [2.24, 2.45) is 5.41 Å². The summed E-state index contributed by atoms with van der Waals surface area (Å²) >= 11 is 0. The zero-order chi connectivity index (χ0) is 9.19. The van der Waals surface area contributed by atoms with Crippen LogP contribution in [0.25, 0.3) is 0 Å². The third-order valence-electron chi connectivity index (χ3n) is 3.17. The zero-order valence-corrected chi connectivity index (χ0v) is 8.15. The minimum Gasteiger partial charge on any atom is -0.300 e. The highest BCUT2D eigenvalue weighted by Crippen LogP contribution is 2.49. The van der Waals surface area contributed by atoms with Crippen LogP contribution in [0.2, 0.25) is 0 Å². The molecule has 0 amide bonds. The summed E-state index contributed by atoms with van der Waals surface area (Å²) < 4.78 is 0. The predicted molar refractivity (Wildman–Crippen MR) is 51.0 cm³/mol. The second-order valence-electron chi connectivity index (χ2n) is 4.12. The van der Waals surface area contributed by atoms with Gasteiger partial charge in [-0.1, -0.05) is 18.6 Å². The monoisotopic (exact) mass is 166 g/mol. The highest BCUT2D eigenvalue weighted by atomic mass is 16.1. The molecule has 68 valence electrons. The molecule has 0 heterocycles. The third-order valence-corrected chi connectivity index (χ3v) is 3.17. The van der Waals surface area contributed by atoms with Crippen molar-refractivity contribution in [3.8, 4) is 0 Å². The summed E-state index contributed by atoms with van der Waals surface area (Å²) in [6, 6.07) is 0. The van der Waals surface area contributed by atoms with E-state index in [1.165, 1.54) is 24.8 Å². The van der Waals surface area contributed by atoms with Crippen molar-refractivity contribution in [1.29, 1.82) is 0 Å². The molecule has 0 radical (unpaired) electrons. The maximum absolute atomic E-state index is 10.8. The van der Waals surface area contributed by atoms with Crippen molar-refractivity contribution < 1.29 is 4.79 Å². The minimum absolute atomic E-state index is 0.308. The second kappa shape index (κ2) is 3.42. The number of Topliss-reactive ketones (excluding diaryl/α,β-unsaturated/α-hetero) is 1. The number of carbonyl (C=O) groups excluding carboxylic acids is 1. The maximum Gasteiger partial charge on any atom is 0.129 e. The molecule has 1 aliphatic carbocycles. The lowest BCUT2D eigenvalue weighted by Gasteiger charge is -2.42. The van der Waals surface area contributed by atoms with E-state index in [-0.39, 0.29) is 0 Å². The molecule has 1 saturated carbocycles. The Morgan fingerprint density at radius 2 is 2.00 bits per heavy atom. The molecule has 0 aromatic heterocycles. The first-order chi connectivity index (χ1) is 5.57. The van der Waals surface area contributed by atoms with Crippen molar-refractivity contribution in [2.75, 3.05) is 0 Å². The Morgan fingerprint density at radius 3 is 2.25 bits per heavy atom. The van der Waals surface area contributed by atoms with Crippen LogP contribution in [0.4, 0.5) is 0 Å². The van der Waals surface area contributed by atoms with Gasteiger partial charge in [0.15, 0.2) is 0 Å². The molecule has 0 spiro atoms. The maximum atomic E-state index is 10.8. The summed E-state index contributed by atoms with van der Waals surface area (Å²) in [6.07, 6.45) is 5.56. The van der Waals surface area contributed by atoms with Gasteiger partial charge in [0.25, 0.3) is 0 Å².